The molecule has 0 amide bonds. The van der Waals surface area contributed by atoms with E-state index in [0.29, 0.717) is 0 Å². The van der Waals surface area contributed by atoms with Crippen LogP contribution in [0.3, 0.4) is 0 Å². The highest BCUT2D eigenvalue weighted by Gasteiger charge is 2.18. The third-order valence-corrected chi connectivity index (χ3v) is 4.98. The van der Waals surface area contributed by atoms with Crippen molar-refractivity contribution in [3.8, 4) is 0 Å². The molecule has 0 aliphatic rings. The van der Waals surface area contributed by atoms with Crippen LogP contribution in [0, 0.1) is 27.4 Å². The smallest absolute Gasteiger partial charge is 0.258 e. The molecule has 6 nitrogen and oxygen atoms in total. The van der Waals surface area contributed by atoms with Crippen molar-refractivity contribution in [2.45, 2.75) is 0 Å². The summed E-state index contributed by atoms with van der Waals surface area (Å²) < 4.78 is 2.05. The second kappa shape index (κ2) is 5.74. The van der Waals surface area contributed by atoms with Gasteiger partial charge in [-0.05, 0) is 24.3 Å². The predicted octanol–water partition coefficient (Wildman–Crippen LogP) is -0.369. The predicted molar refractivity (Wildman–Crippen MR) is 63.6 cm³/mol. The maximum absolute atomic E-state index is 10.5. The molecule has 96 valence electrons. The van der Waals surface area contributed by atoms with Crippen molar-refractivity contribution in [3.63, 3.8) is 0 Å². The summed E-state index contributed by atoms with van der Waals surface area (Å²) in [5.74, 6) is 0. The molecule has 2 rings (SSSR count). The molecule has 0 unspecified atom stereocenters. The Morgan fingerprint density at radius 2 is 1.00 bits per heavy atom. The molecule has 0 saturated heterocycles. The maximum atomic E-state index is 10.5. The van der Waals surface area contributed by atoms with Crippen molar-refractivity contribution in [1.29, 1.82) is 0 Å². The number of nitrogens with zero attached hydrogens (tertiary/aromatic N) is 2. The highest BCUT2D eigenvalue weighted by Crippen LogP contribution is 2.08. The summed E-state index contributed by atoms with van der Waals surface area (Å²) in [5, 5.41) is 21.0. The largest absolute Gasteiger partial charge is 0.357 e. The first-order valence-corrected chi connectivity index (χ1v) is 7.36. The third-order valence-electron chi connectivity index (χ3n) is 2.29. The van der Waals surface area contributed by atoms with Gasteiger partial charge in [-0.3, -0.25) is 20.2 Å². The highest BCUT2D eigenvalue weighted by atomic mass is 127. The Kier molecular flexibility index (Phi) is 4.05. The van der Waals surface area contributed by atoms with Gasteiger partial charge in [-0.15, -0.1) is 0 Å². The van der Waals surface area contributed by atoms with Crippen molar-refractivity contribution >= 4 is 11.4 Å². The van der Waals surface area contributed by atoms with Crippen molar-refractivity contribution in [2.75, 3.05) is 0 Å². The van der Waals surface area contributed by atoms with Gasteiger partial charge in [-0.1, -0.05) is 0 Å². The molecule has 0 atom stereocenters. The van der Waals surface area contributed by atoms with E-state index in [-0.39, 0.29) is 11.4 Å². The van der Waals surface area contributed by atoms with Gasteiger partial charge in [0.25, 0.3) is 11.4 Å². The molecule has 19 heavy (non-hydrogen) atoms. The van der Waals surface area contributed by atoms with Gasteiger partial charge >= 0.3 is 21.2 Å². The lowest BCUT2D eigenvalue weighted by atomic mass is 10.3. The molecule has 0 heterocycles. The molecular weight excluding hydrogens is 363 g/mol. The molecule has 2 aromatic rings. The van der Waals surface area contributed by atoms with Crippen LogP contribution < -0.4 is 21.2 Å². The Labute approximate surface area is 118 Å². The van der Waals surface area contributed by atoms with Crippen LogP contribution in [0.25, 0.3) is 0 Å². The molecule has 0 N–H and O–H groups in total. The fraction of sp³-hybridized carbons (Fsp3) is 0. The molecule has 0 saturated carbocycles. The number of hydrogen-bond acceptors (Lipinski definition) is 4. The van der Waals surface area contributed by atoms with Crippen molar-refractivity contribution in [2.24, 2.45) is 0 Å². The molecule has 0 aromatic heterocycles. The number of non-ortho nitro benzene ring substituents is 2. The first-order valence-electron chi connectivity index (χ1n) is 5.20. The van der Waals surface area contributed by atoms with Gasteiger partial charge in [0.1, 0.15) is 0 Å². The zero-order valence-corrected chi connectivity index (χ0v) is 11.7. The summed E-state index contributed by atoms with van der Waals surface area (Å²) in [5.41, 5.74) is 0.132. The lowest BCUT2D eigenvalue weighted by Crippen LogP contribution is -3.61. The minimum atomic E-state index is -0.482. The molecular formula is C12H8IN2O4+. The molecule has 0 radical (unpaired) electrons. The number of nitro benzene ring substituents is 2. The molecule has 0 fully saturated rings. The Bertz CT molecular complexity index is 555. The van der Waals surface area contributed by atoms with Crippen LogP contribution in [0.15, 0.2) is 48.5 Å². The number of halogens is 1. The van der Waals surface area contributed by atoms with E-state index in [2.05, 4.69) is 0 Å². The minimum absolute atomic E-state index is 0.0662. The number of benzene rings is 2. The molecule has 0 aliphatic carbocycles. The van der Waals surface area contributed by atoms with E-state index in [0.717, 1.165) is 7.14 Å². The average molecular weight is 371 g/mol. The molecule has 0 bridgehead atoms. The lowest BCUT2D eigenvalue weighted by Gasteiger charge is -1.90. The Balaban J connectivity index is 2.12. The Morgan fingerprint density at radius 1 is 0.684 bits per heavy atom. The van der Waals surface area contributed by atoms with Crippen LogP contribution in [0.4, 0.5) is 11.4 Å². The van der Waals surface area contributed by atoms with E-state index >= 15 is 0 Å². The monoisotopic (exact) mass is 371 g/mol. The van der Waals surface area contributed by atoms with E-state index in [4.69, 9.17) is 0 Å². The summed E-state index contributed by atoms with van der Waals surface area (Å²) in [7, 11) is 0. The van der Waals surface area contributed by atoms with E-state index in [1.54, 1.807) is 24.3 Å². The van der Waals surface area contributed by atoms with Gasteiger partial charge < -0.3 is 0 Å². The van der Waals surface area contributed by atoms with Gasteiger partial charge in [-0.25, -0.2) is 0 Å². The van der Waals surface area contributed by atoms with Gasteiger partial charge in [0.2, 0.25) is 0 Å². The zero-order valence-electron chi connectivity index (χ0n) is 9.52. The summed E-state index contributed by atoms with van der Waals surface area (Å²) >= 11 is -0.482. The quantitative estimate of drug-likeness (QED) is 0.417. The van der Waals surface area contributed by atoms with Crippen LogP contribution in [0.5, 0.6) is 0 Å². The molecule has 2 aromatic carbocycles. The molecule has 0 spiro atoms. The fourth-order valence-electron chi connectivity index (χ4n) is 1.38. The Hall–Kier alpha value is -2.03. The van der Waals surface area contributed by atoms with Crippen molar-refractivity contribution in [1.82, 2.24) is 0 Å². The first-order chi connectivity index (χ1) is 9.06. The Morgan fingerprint density at radius 3 is 1.26 bits per heavy atom. The standard InChI is InChI=1S/C12H8IN2O4/c16-14(17)11-5-1-9(2-6-11)13-10-3-7-12(8-4-10)15(18)19/h1-8H/q+1. The van der Waals surface area contributed by atoms with Gasteiger partial charge in [0.15, 0.2) is 7.14 Å². The third kappa shape index (κ3) is 3.47. The second-order valence-electron chi connectivity index (χ2n) is 3.56. The topological polar surface area (TPSA) is 86.3 Å². The zero-order chi connectivity index (χ0) is 13.8. The van der Waals surface area contributed by atoms with Crippen LogP contribution >= 0.6 is 0 Å². The molecule has 0 aliphatic heterocycles. The SMILES string of the molecule is O=[N+]([O-])c1ccc([I+]c2ccc([N+](=O)[O-])cc2)cc1. The fourth-order valence-corrected chi connectivity index (χ4v) is 3.54. The lowest BCUT2D eigenvalue weighted by molar-refractivity contribution is -0.597. The number of nitro groups is 2. The highest BCUT2D eigenvalue weighted by molar-refractivity contribution is 5.29. The normalized spacial score (nSPS) is 10.1. The summed E-state index contributed by atoms with van der Waals surface area (Å²) in [4.78, 5) is 20.2. The maximum Gasteiger partial charge on any atom is 0.357 e. The first kappa shape index (κ1) is 13.4. The summed E-state index contributed by atoms with van der Waals surface area (Å²) in [6.07, 6.45) is 0. The van der Waals surface area contributed by atoms with E-state index < -0.39 is 31.1 Å². The van der Waals surface area contributed by atoms with Crippen LogP contribution in [0.2, 0.25) is 0 Å². The van der Waals surface area contributed by atoms with E-state index in [1.165, 1.54) is 24.3 Å². The minimum Gasteiger partial charge on any atom is -0.258 e. The van der Waals surface area contributed by atoms with E-state index in [9.17, 15) is 20.2 Å². The van der Waals surface area contributed by atoms with Crippen molar-refractivity contribution < 1.29 is 31.1 Å². The van der Waals surface area contributed by atoms with Crippen molar-refractivity contribution in [3.05, 3.63) is 75.9 Å². The summed E-state index contributed by atoms with van der Waals surface area (Å²) in [6, 6.07) is 12.8. The van der Waals surface area contributed by atoms with Gasteiger partial charge in [0, 0.05) is 24.3 Å². The summed E-state index contributed by atoms with van der Waals surface area (Å²) in [6.45, 7) is 0. The van der Waals surface area contributed by atoms with Gasteiger partial charge in [0.05, 0.1) is 9.85 Å². The van der Waals surface area contributed by atoms with Crippen LogP contribution in [0.1, 0.15) is 0 Å². The average Bonchev–Trinajstić information content (AvgIpc) is 2.40. The van der Waals surface area contributed by atoms with Crippen LogP contribution in [-0.4, -0.2) is 9.85 Å². The van der Waals surface area contributed by atoms with Gasteiger partial charge in [-0.2, -0.15) is 0 Å². The van der Waals surface area contributed by atoms with Crippen LogP contribution in [-0.2, 0) is 0 Å². The second-order valence-corrected chi connectivity index (χ2v) is 6.59. The van der Waals surface area contributed by atoms with E-state index in [1.807, 2.05) is 0 Å². The number of hydrogen-bond donors (Lipinski definition) is 0. The number of rotatable bonds is 4. The molecule has 7 heteroatoms.